The second kappa shape index (κ2) is 6.59. The average molecular weight is 337 g/mol. The van der Waals surface area contributed by atoms with Crippen LogP contribution in [0.25, 0.3) is 11.0 Å². The van der Waals surface area contributed by atoms with Gasteiger partial charge in [-0.25, -0.2) is 4.98 Å². The molecule has 0 fully saturated rings. The number of thioether (sulfide) groups is 1. The van der Waals surface area contributed by atoms with Crippen molar-refractivity contribution >= 4 is 40.3 Å². The Balaban J connectivity index is 1.99. The number of imidazole rings is 1. The van der Waals surface area contributed by atoms with E-state index in [0.29, 0.717) is 10.2 Å². The highest BCUT2D eigenvalue weighted by atomic mass is 35.5. The number of benzene rings is 1. The standard InChI is InChI=1S/C15H17ClN4OS/c1-9(2)15(3,8-17)20-13(21)7-22-14-18-11-5-4-10(16)6-12(11)19-14/h4-6,9H,7H2,1-3H3,(H,18,19)(H,20,21). The zero-order valence-corrected chi connectivity index (χ0v) is 14.2. The fraction of sp³-hybridized carbons (Fsp3) is 0.400. The van der Waals surface area contributed by atoms with Crippen LogP contribution in [0, 0.1) is 17.2 Å². The number of H-pyrrole nitrogens is 1. The maximum absolute atomic E-state index is 12.0. The molecule has 1 aromatic heterocycles. The Morgan fingerprint density at radius 3 is 2.95 bits per heavy atom. The van der Waals surface area contributed by atoms with E-state index in [4.69, 9.17) is 11.6 Å². The Morgan fingerprint density at radius 2 is 2.32 bits per heavy atom. The Morgan fingerprint density at radius 1 is 1.59 bits per heavy atom. The van der Waals surface area contributed by atoms with Crippen LogP contribution in [0.3, 0.4) is 0 Å². The van der Waals surface area contributed by atoms with Crippen LogP contribution >= 0.6 is 23.4 Å². The highest BCUT2D eigenvalue weighted by molar-refractivity contribution is 7.99. The van der Waals surface area contributed by atoms with Crippen molar-refractivity contribution in [1.29, 1.82) is 5.26 Å². The molecule has 0 aliphatic heterocycles. The SMILES string of the molecule is CC(C)C(C)(C#N)NC(=O)CSc1nc2ccc(Cl)cc2[nH]1. The first-order valence-corrected chi connectivity index (χ1v) is 8.21. The number of amides is 1. The molecule has 2 rings (SSSR count). The minimum atomic E-state index is -0.862. The molecular weight excluding hydrogens is 320 g/mol. The van der Waals surface area contributed by atoms with Crippen molar-refractivity contribution in [2.24, 2.45) is 5.92 Å². The van der Waals surface area contributed by atoms with Crippen molar-refractivity contribution in [2.75, 3.05) is 5.75 Å². The zero-order chi connectivity index (χ0) is 16.3. The number of carbonyl (C=O) groups excluding carboxylic acids is 1. The Labute approximate surface area is 138 Å². The molecule has 7 heteroatoms. The van der Waals surface area contributed by atoms with Gasteiger partial charge in [0, 0.05) is 5.02 Å². The first kappa shape index (κ1) is 16.7. The number of fused-ring (bicyclic) bond motifs is 1. The summed E-state index contributed by atoms with van der Waals surface area (Å²) >= 11 is 7.22. The topological polar surface area (TPSA) is 81.6 Å². The number of aromatic nitrogens is 2. The lowest BCUT2D eigenvalue weighted by molar-refractivity contribution is -0.120. The summed E-state index contributed by atoms with van der Waals surface area (Å²) in [5.41, 5.74) is 0.773. The lowest BCUT2D eigenvalue weighted by Gasteiger charge is -2.27. The summed E-state index contributed by atoms with van der Waals surface area (Å²) in [5, 5.41) is 13.3. The van der Waals surface area contributed by atoms with E-state index in [9.17, 15) is 10.1 Å². The van der Waals surface area contributed by atoms with Crippen molar-refractivity contribution < 1.29 is 4.79 Å². The maximum atomic E-state index is 12.0. The summed E-state index contributed by atoms with van der Waals surface area (Å²) in [6, 6.07) is 7.54. The molecule has 0 spiro atoms. The fourth-order valence-electron chi connectivity index (χ4n) is 1.79. The van der Waals surface area contributed by atoms with E-state index in [1.807, 2.05) is 19.9 Å². The third-order valence-corrected chi connectivity index (χ3v) is 4.66. The third kappa shape index (κ3) is 3.73. The number of hydrogen-bond acceptors (Lipinski definition) is 4. The van der Waals surface area contributed by atoms with Crippen molar-refractivity contribution in [1.82, 2.24) is 15.3 Å². The molecule has 0 saturated heterocycles. The molecule has 1 amide bonds. The summed E-state index contributed by atoms with van der Waals surface area (Å²) in [5.74, 6) is 0.0263. The van der Waals surface area contributed by atoms with Crippen LogP contribution < -0.4 is 5.32 Å². The third-order valence-electron chi connectivity index (χ3n) is 3.55. The molecule has 1 unspecified atom stereocenters. The van der Waals surface area contributed by atoms with E-state index in [2.05, 4.69) is 21.4 Å². The quantitative estimate of drug-likeness (QED) is 0.820. The predicted molar refractivity (Wildman–Crippen MR) is 88.8 cm³/mol. The molecule has 1 atom stereocenters. The molecule has 1 aromatic carbocycles. The molecular formula is C15H17ClN4OS. The number of halogens is 1. The van der Waals surface area contributed by atoms with Crippen LogP contribution in [-0.4, -0.2) is 27.2 Å². The second-order valence-electron chi connectivity index (χ2n) is 5.51. The first-order chi connectivity index (χ1) is 10.3. The molecule has 0 aliphatic carbocycles. The second-order valence-corrected chi connectivity index (χ2v) is 6.91. The lowest BCUT2D eigenvalue weighted by atomic mass is 9.90. The number of hydrogen-bond donors (Lipinski definition) is 2. The molecule has 22 heavy (non-hydrogen) atoms. The summed E-state index contributed by atoms with van der Waals surface area (Å²) in [7, 11) is 0. The van der Waals surface area contributed by atoms with Crippen LogP contribution in [0.4, 0.5) is 0 Å². The summed E-state index contributed by atoms with van der Waals surface area (Å²) in [6.45, 7) is 5.53. The summed E-state index contributed by atoms with van der Waals surface area (Å²) in [4.78, 5) is 19.5. The molecule has 1 heterocycles. The van der Waals surface area contributed by atoms with Crippen LogP contribution in [0.5, 0.6) is 0 Å². The van der Waals surface area contributed by atoms with E-state index >= 15 is 0 Å². The number of carbonyl (C=O) groups is 1. The van der Waals surface area contributed by atoms with Crippen molar-refractivity contribution in [3.8, 4) is 6.07 Å². The van der Waals surface area contributed by atoms with E-state index in [1.165, 1.54) is 11.8 Å². The largest absolute Gasteiger partial charge is 0.337 e. The van der Waals surface area contributed by atoms with Gasteiger partial charge in [0.25, 0.3) is 0 Å². The van der Waals surface area contributed by atoms with Crippen LogP contribution in [0.15, 0.2) is 23.4 Å². The van der Waals surface area contributed by atoms with Gasteiger partial charge in [-0.05, 0) is 31.0 Å². The highest BCUT2D eigenvalue weighted by Crippen LogP contribution is 2.22. The molecule has 0 radical (unpaired) electrons. The number of nitrogens with zero attached hydrogens (tertiary/aromatic N) is 2. The van der Waals surface area contributed by atoms with Gasteiger partial charge in [-0.3, -0.25) is 4.79 Å². The van der Waals surface area contributed by atoms with Gasteiger partial charge in [-0.2, -0.15) is 5.26 Å². The molecule has 5 nitrogen and oxygen atoms in total. The van der Waals surface area contributed by atoms with Crippen LogP contribution in [0.2, 0.25) is 5.02 Å². The van der Waals surface area contributed by atoms with Gasteiger partial charge in [0.05, 0.1) is 22.9 Å². The fourth-order valence-corrected chi connectivity index (χ4v) is 2.64. The Bertz CT molecular complexity index is 737. The number of nitriles is 1. The average Bonchev–Trinajstić information content (AvgIpc) is 2.86. The monoisotopic (exact) mass is 336 g/mol. The van der Waals surface area contributed by atoms with Crippen LogP contribution in [0.1, 0.15) is 20.8 Å². The van der Waals surface area contributed by atoms with E-state index in [0.717, 1.165) is 11.0 Å². The minimum absolute atomic E-state index is 0.0276. The highest BCUT2D eigenvalue weighted by Gasteiger charge is 2.29. The van der Waals surface area contributed by atoms with Gasteiger partial charge in [-0.15, -0.1) is 0 Å². The molecule has 0 aliphatic rings. The Kier molecular flexibility index (Phi) is 4.99. The zero-order valence-electron chi connectivity index (χ0n) is 12.6. The van der Waals surface area contributed by atoms with Gasteiger partial charge in [0.15, 0.2) is 5.16 Å². The Hall–Kier alpha value is -1.71. The summed E-state index contributed by atoms with van der Waals surface area (Å²) in [6.07, 6.45) is 0. The van der Waals surface area contributed by atoms with E-state index < -0.39 is 5.54 Å². The minimum Gasteiger partial charge on any atom is -0.337 e. The maximum Gasteiger partial charge on any atom is 0.231 e. The van der Waals surface area contributed by atoms with Crippen molar-refractivity contribution in [3.05, 3.63) is 23.2 Å². The molecule has 2 aromatic rings. The molecule has 0 bridgehead atoms. The van der Waals surface area contributed by atoms with Crippen LogP contribution in [-0.2, 0) is 4.79 Å². The molecule has 2 N–H and O–H groups in total. The van der Waals surface area contributed by atoms with Gasteiger partial charge in [0.2, 0.25) is 5.91 Å². The van der Waals surface area contributed by atoms with Gasteiger partial charge < -0.3 is 10.3 Å². The molecule has 0 saturated carbocycles. The summed E-state index contributed by atoms with van der Waals surface area (Å²) < 4.78 is 0. The van der Waals surface area contributed by atoms with E-state index in [1.54, 1.807) is 19.1 Å². The van der Waals surface area contributed by atoms with Gasteiger partial charge in [-0.1, -0.05) is 37.2 Å². The lowest BCUT2D eigenvalue weighted by Crippen LogP contribution is -2.49. The normalized spacial score (nSPS) is 13.8. The van der Waals surface area contributed by atoms with Gasteiger partial charge >= 0.3 is 0 Å². The van der Waals surface area contributed by atoms with Crippen molar-refractivity contribution in [2.45, 2.75) is 31.5 Å². The number of aromatic amines is 1. The van der Waals surface area contributed by atoms with Gasteiger partial charge in [0.1, 0.15) is 5.54 Å². The predicted octanol–water partition coefficient (Wildman–Crippen LogP) is 3.36. The first-order valence-electron chi connectivity index (χ1n) is 6.84. The molecule has 116 valence electrons. The number of rotatable bonds is 5. The smallest absolute Gasteiger partial charge is 0.231 e. The van der Waals surface area contributed by atoms with Crippen molar-refractivity contribution in [3.63, 3.8) is 0 Å². The van der Waals surface area contributed by atoms with E-state index in [-0.39, 0.29) is 17.6 Å². The number of nitrogens with one attached hydrogen (secondary N) is 2.